The lowest BCUT2D eigenvalue weighted by molar-refractivity contribution is 0.0326. The first-order valence-electron chi connectivity index (χ1n) is 5.31. The molecule has 0 fully saturated rings. The molecule has 1 rings (SSSR count). The highest BCUT2D eigenvalue weighted by molar-refractivity contribution is 9.09. The van der Waals surface area contributed by atoms with Crippen molar-refractivity contribution in [1.29, 1.82) is 0 Å². The normalized spacial score (nSPS) is 13.9. The van der Waals surface area contributed by atoms with Gasteiger partial charge in [0.25, 0.3) is 0 Å². The average Bonchev–Trinajstić information content (AvgIpc) is 2.43. The molecule has 0 amide bonds. The van der Waals surface area contributed by atoms with Crippen LogP contribution in [0.25, 0.3) is 0 Å². The van der Waals surface area contributed by atoms with Crippen LogP contribution in [0.4, 0.5) is 0 Å². The maximum atomic E-state index is 10.0. The number of hydrogen-bond acceptors (Lipinski definition) is 5. The lowest BCUT2D eigenvalue weighted by Gasteiger charge is -2.20. The summed E-state index contributed by atoms with van der Waals surface area (Å²) in [7, 11) is 4.50. The summed E-state index contributed by atoms with van der Waals surface area (Å²) < 4.78 is 15.5. The van der Waals surface area contributed by atoms with Crippen LogP contribution in [0.15, 0.2) is 12.1 Å². The average molecular weight is 321 g/mol. The molecule has 0 radical (unpaired) electrons. The second-order valence-electron chi connectivity index (χ2n) is 3.62. The third-order valence-electron chi connectivity index (χ3n) is 2.58. The maximum Gasteiger partial charge on any atom is 0.164 e. The molecule has 6 heteroatoms. The Kier molecular flexibility index (Phi) is 5.71. The highest BCUT2D eigenvalue weighted by atomic mass is 79.9. The van der Waals surface area contributed by atoms with Gasteiger partial charge in [-0.3, -0.25) is 0 Å². The largest absolute Gasteiger partial charge is 0.496 e. The number of benzene rings is 1. The summed E-state index contributed by atoms with van der Waals surface area (Å²) in [6.07, 6.45) is -2.00. The first-order chi connectivity index (χ1) is 8.58. The molecule has 0 aliphatic heterocycles. The van der Waals surface area contributed by atoms with Gasteiger partial charge in [-0.15, -0.1) is 0 Å². The molecule has 0 aliphatic rings. The SMILES string of the molecule is COc1cc(OC)c(C(O)C(O)CBr)cc1OC. The Morgan fingerprint density at radius 1 is 1.00 bits per heavy atom. The fraction of sp³-hybridized carbons (Fsp3) is 0.500. The van der Waals surface area contributed by atoms with E-state index < -0.39 is 12.2 Å². The molecular weight excluding hydrogens is 304 g/mol. The molecule has 0 heterocycles. The minimum absolute atomic E-state index is 0.256. The number of aliphatic hydroxyl groups is 2. The standard InChI is InChI=1S/C12H17BrO5/c1-16-9-5-11(18-3)10(17-2)4-7(9)12(15)8(14)6-13/h4-5,8,12,14-15H,6H2,1-3H3. The molecule has 2 atom stereocenters. The van der Waals surface area contributed by atoms with Crippen LogP contribution in [0.3, 0.4) is 0 Å². The third kappa shape index (κ3) is 3.07. The van der Waals surface area contributed by atoms with Crippen LogP contribution in [-0.2, 0) is 0 Å². The molecule has 0 aliphatic carbocycles. The zero-order valence-electron chi connectivity index (χ0n) is 10.5. The molecular formula is C12H17BrO5. The molecule has 0 spiro atoms. The van der Waals surface area contributed by atoms with Gasteiger partial charge in [0.15, 0.2) is 11.5 Å². The topological polar surface area (TPSA) is 68.2 Å². The van der Waals surface area contributed by atoms with Crippen LogP contribution in [0, 0.1) is 0 Å². The number of halogens is 1. The van der Waals surface area contributed by atoms with Gasteiger partial charge in [0.2, 0.25) is 0 Å². The number of methoxy groups -OCH3 is 3. The predicted octanol–water partition coefficient (Wildman–Crippen LogP) is 1.50. The second kappa shape index (κ2) is 6.82. The molecule has 0 bridgehead atoms. The van der Waals surface area contributed by atoms with Gasteiger partial charge in [0.05, 0.1) is 27.4 Å². The summed E-state index contributed by atoms with van der Waals surface area (Å²) in [4.78, 5) is 0. The zero-order valence-corrected chi connectivity index (χ0v) is 12.1. The molecule has 0 saturated carbocycles. The molecule has 2 unspecified atom stereocenters. The highest BCUT2D eigenvalue weighted by Gasteiger charge is 2.23. The van der Waals surface area contributed by atoms with E-state index in [0.29, 0.717) is 22.8 Å². The van der Waals surface area contributed by atoms with E-state index in [9.17, 15) is 10.2 Å². The van der Waals surface area contributed by atoms with Gasteiger partial charge in [-0.2, -0.15) is 0 Å². The van der Waals surface area contributed by atoms with Crippen molar-refractivity contribution < 1.29 is 24.4 Å². The Bertz CT molecular complexity index is 396. The summed E-state index contributed by atoms with van der Waals surface area (Å²) in [5.74, 6) is 1.40. The minimum atomic E-state index is -1.07. The number of ether oxygens (including phenoxy) is 3. The molecule has 0 saturated heterocycles. The van der Waals surface area contributed by atoms with Crippen molar-refractivity contribution in [3.05, 3.63) is 17.7 Å². The fourth-order valence-electron chi connectivity index (χ4n) is 1.58. The van der Waals surface area contributed by atoms with Crippen molar-refractivity contribution in [2.45, 2.75) is 12.2 Å². The summed E-state index contributed by atoms with van der Waals surface area (Å²) in [5, 5.41) is 19.9. The molecule has 102 valence electrons. The molecule has 18 heavy (non-hydrogen) atoms. The van der Waals surface area contributed by atoms with Gasteiger partial charge in [0.1, 0.15) is 11.9 Å². The second-order valence-corrected chi connectivity index (χ2v) is 4.26. The van der Waals surface area contributed by atoms with Gasteiger partial charge >= 0.3 is 0 Å². The van der Waals surface area contributed by atoms with Crippen LogP contribution in [0.1, 0.15) is 11.7 Å². The molecule has 0 aromatic heterocycles. The maximum absolute atomic E-state index is 10.0. The van der Waals surface area contributed by atoms with Crippen LogP contribution < -0.4 is 14.2 Å². The Morgan fingerprint density at radius 3 is 1.94 bits per heavy atom. The van der Waals surface area contributed by atoms with Crippen LogP contribution in [-0.4, -0.2) is 43.0 Å². The van der Waals surface area contributed by atoms with Crippen LogP contribution in [0.5, 0.6) is 17.2 Å². The first-order valence-corrected chi connectivity index (χ1v) is 6.43. The van der Waals surface area contributed by atoms with E-state index in [1.54, 1.807) is 12.1 Å². The number of hydrogen-bond donors (Lipinski definition) is 2. The lowest BCUT2D eigenvalue weighted by Crippen LogP contribution is -2.20. The summed E-state index contributed by atoms with van der Waals surface area (Å²) >= 11 is 3.12. The van der Waals surface area contributed by atoms with E-state index in [1.165, 1.54) is 21.3 Å². The molecule has 1 aromatic rings. The van der Waals surface area contributed by atoms with Crippen molar-refractivity contribution >= 4 is 15.9 Å². The van der Waals surface area contributed by atoms with Crippen molar-refractivity contribution in [2.75, 3.05) is 26.7 Å². The Labute approximate surface area is 114 Å². The van der Waals surface area contributed by atoms with Crippen molar-refractivity contribution in [3.63, 3.8) is 0 Å². The smallest absolute Gasteiger partial charge is 0.164 e. The third-order valence-corrected chi connectivity index (χ3v) is 3.24. The highest BCUT2D eigenvalue weighted by Crippen LogP contribution is 2.38. The summed E-state index contributed by atoms with van der Waals surface area (Å²) in [6, 6.07) is 3.20. The summed E-state index contributed by atoms with van der Waals surface area (Å²) in [6.45, 7) is 0. The van der Waals surface area contributed by atoms with Crippen molar-refractivity contribution in [1.82, 2.24) is 0 Å². The number of aliphatic hydroxyl groups excluding tert-OH is 2. The van der Waals surface area contributed by atoms with Gasteiger partial charge < -0.3 is 24.4 Å². The van der Waals surface area contributed by atoms with Gasteiger partial charge in [-0.05, 0) is 6.07 Å². The Morgan fingerprint density at radius 2 is 1.50 bits per heavy atom. The Hall–Kier alpha value is -0.980. The number of rotatable bonds is 6. The minimum Gasteiger partial charge on any atom is -0.496 e. The van der Waals surface area contributed by atoms with Gasteiger partial charge in [0, 0.05) is 17.0 Å². The fourth-order valence-corrected chi connectivity index (χ4v) is 1.93. The van der Waals surface area contributed by atoms with Gasteiger partial charge in [-0.25, -0.2) is 0 Å². The van der Waals surface area contributed by atoms with E-state index in [-0.39, 0.29) is 5.33 Å². The van der Waals surface area contributed by atoms with Gasteiger partial charge in [-0.1, -0.05) is 15.9 Å². The van der Waals surface area contributed by atoms with Crippen LogP contribution >= 0.6 is 15.9 Å². The van der Waals surface area contributed by atoms with E-state index in [0.717, 1.165) is 0 Å². The summed E-state index contributed by atoms with van der Waals surface area (Å²) in [5.41, 5.74) is 0.446. The van der Waals surface area contributed by atoms with E-state index in [1.807, 2.05) is 0 Å². The zero-order chi connectivity index (χ0) is 13.7. The first kappa shape index (κ1) is 15.1. The van der Waals surface area contributed by atoms with Crippen LogP contribution in [0.2, 0.25) is 0 Å². The quantitative estimate of drug-likeness (QED) is 0.777. The molecule has 5 nitrogen and oxygen atoms in total. The molecule has 1 aromatic carbocycles. The van der Waals surface area contributed by atoms with E-state index >= 15 is 0 Å². The predicted molar refractivity (Wildman–Crippen MR) is 70.9 cm³/mol. The van der Waals surface area contributed by atoms with Crippen molar-refractivity contribution in [2.24, 2.45) is 0 Å². The Balaban J connectivity index is 3.24. The van der Waals surface area contributed by atoms with E-state index in [2.05, 4.69) is 15.9 Å². The van der Waals surface area contributed by atoms with Crippen molar-refractivity contribution in [3.8, 4) is 17.2 Å². The lowest BCUT2D eigenvalue weighted by atomic mass is 10.0. The number of alkyl halides is 1. The van der Waals surface area contributed by atoms with E-state index in [4.69, 9.17) is 14.2 Å². The monoisotopic (exact) mass is 320 g/mol. The molecule has 2 N–H and O–H groups in total.